The Morgan fingerprint density at radius 1 is 1.38 bits per heavy atom. The lowest BCUT2D eigenvalue weighted by molar-refractivity contribution is 0.0820. The Morgan fingerprint density at radius 2 is 2.10 bits per heavy atom. The average Bonchev–Trinajstić information content (AvgIpc) is 2.44. The molecule has 1 rings (SSSR count). The molecule has 1 amide bonds. The third-order valence-corrected chi connectivity index (χ3v) is 2.74. The number of ether oxygens (including phenoxy) is 2. The van der Waals surface area contributed by atoms with Crippen LogP contribution in [0.5, 0.6) is 5.75 Å². The summed E-state index contributed by atoms with van der Waals surface area (Å²) < 4.78 is 10.3. The first-order valence-corrected chi connectivity index (χ1v) is 6.62. The van der Waals surface area contributed by atoms with Gasteiger partial charge in [0.2, 0.25) is 0 Å². The number of carbonyl (C=O) groups excluding carboxylic acids is 1. The molecule has 0 aliphatic rings. The molecule has 5 nitrogen and oxygen atoms in total. The number of carbonyl (C=O) groups is 1. The second-order valence-electron chi connectivity index (χ2n) is 5.19. The van der Waals surface area contributed by atoms with E-state index in [-0.39, 0.29) is 12.5 Å². The summed E-state index contributed by atoms with van der Waals surface area (Å²) in [7, 11) is 3.16. The smallest absolute Gasteiger partial charge is 0.251 e. The van der Waals surface area contributed by atoms with Crippen molar-refractivity contribution in [2.24, 2.45) is 5.73 Å². The lowest BCUT2D eigenvalue weighted by Crippen LogP contribution is -2.46. The first-order valence-electron chi connectivity index (χ1n) is 6.62. The zero-order chi connectivity index (χ0) is 15.9. The molecule has 0 spiro atoms. The van der Waals surface area contributed by atoms with Crippen LogP contribution >= 0.6 is 0 Å². The van der Waals surface area contributed by atoms with Crippen molar-refractivity contribution in [3.63, 3.8) is 0 Å². The van der Waals surface area contributed by atoms with E-state index in [9.17, 15) is 4.79 Å². The Balaban J connectivity index is 3.00. The quantitative estimate of drug-likeness (QED) is 0.798. The van der Waals surface area contributed by atoms with Crippen molar-refractivity contribution in [3.8, 4) is 17.6 Å². The zero-order valence-electron chi connectivity index (χ0n) is 12.9. The van der Waals surface area contributed by atoms with Crippen LogP contribution in [0.2, 0.25) is 0 Å². The molecule has 0 unspecified atom stereocenters. The van der Waals surface area contributed by atoms with Crippen LogP contribution in [0, 0.1) is 11.8 Å². The minimum absolute atomic E-state index is 0.185. The molecule has 0 heterocycles. The minimum atomic E-state index is -0.450. The number of methoxy groups -OCH3 is 2. The molecule has 1 aromatic rings. The van der Waals surface area contributed by atoms with E-state index in [1.807, 2.05) is 13.8 Å². The topological polar surface area (TPSA) is 73.6 Å². The van der Waals surface area contributed by atoms with Crippen molar-refractivity contribution in [2.75, 3.05) is 27.4 Å². The highest BCUT2D eigenvalue weighted by atomic mass is 16.5. The van der Waals surface area contributed by atoms with E-state index in [4.69, 9.17) is 15.2 Å². The molecule has 21 heavy (non-hydrogen) atoms. The van der Waals surface area contributed by atoms with Gasteiger partial charge in [0, 0.05) is 12.7 Å². The predicted octanol–water partition coefficient (Wildman–Crippen LogP) is 1.16. The summed E-state index contributed by atoms with van der Waals surface area (Å²) in [6.07, 6.45) is 0. The summed E-state index contributed by atoms with van der Waals surface area (Å²) >= 11 is 0. The van der Waals surface area contributed by atoms with Crippen LogP contribution in [0.15, 0.2) is 18.2 Å². The fraction of sp³-hybridized carbons (Fsp3) is 0.438. The molecular weight excluding hydrogens is 268 g/mol. The maximum atomic E-state index is 12.3. The monoisotopic (exact) mass is 290 g/mol. The van der Waals surface area contributed by atoms with Crippen molar-refractivity contribution in [1.82, 2.24) is 5.32 Å². The molecule has 0 fully saturated rings. The predicted molar refractivity (Wildman–Crippen MR) is 82.3 cm³/mol. The molecule has 3 N–H and O–H groups in total. The summed E-state index contributed by atoms with van der Waals surface area (Å²) in [4.78, 5) is 12.3. The third-order valence-electron chi connectivity index (χ3n) is 2.74. The third kappa shape index (κ3) is 5.10. The molecule has 1 aromatic carbocycles. The van der Waals surface area contributed by atoms with Gasteiger partial charge in [-0.15, -0.1) is 0 Å². The summed E-state index contributed by atoms with van der Waals surface area (Å²) in [6.45, 7) is 4.47. The van der Waals surface area contributed by atoms with Crippen LogP contribution < -0.4 is 15.8 Å². The van der Waals surface area contributed by atoms with Crippen molar-refractivity contribution in [3.05, 3.63) is 29.3 Å². The Hall–Kier alpha value is -2.03. The highest BCUT2D eigenvalue weighted by Crippen LogP contribution is 2.19. The number of nitrogens with two attached hydrogens (primary N) is 1. The lowest BCUT2D eigenvalue weighted by Gasteiger charge is -2.25. The number of amides is 1. The number of rotatable bonds is 5. The second-order valence-corrected chi connectivity index (χ2v) is 5.19. The molecule has 0 aromatic heterocycles. The second kappa shape index (κ2) is 7.67. The Morgan fingerprint density at radius 3 is 2.67 bits per heavy atom. The average molecular weight is 290 g/mol. The van der Waals surface area contributed by atoms with Crippen molar-refractivity contribution >= 4 is 5.91 Å². The maximum absolute atomic E-state index is 12.3. The van der Waals surface area contributed by atoms with Gasteiger partial charge in [0.25, 0.3) is 5.91 Å². The van der Waals surface area contributed by atoms with Gasteiger partial charge in [-0.1, -0.05) is 11.8 Å². The first-order chi connectivity index (χ1) is 9.93. The molecule has 0 bridgehead atoms. The van der Waals surface area contributed by atoms with E-state index in [0.717, 1.165) is 0 Å². The zero-order valence-corrected chi connectivity index (χ0v) is 12.9. The Labute approximate surface area is 125 Å². The molecule has 5 heteroatoms. The summed E-state index contributed by atoms with van der Waals surface area (Å²) in [5.74, 6) is 6.09. The van der Waals surface area contributed by atoms with E-state index < -0.39 is 5.54 Å². The van der Waals surface area contributed by atoms with Gasteiger partial charge in [-0.25, -0.2) is 0 Å². The van der Waals surface area contributed by atoms with E-state index in [1.54, 1.807) is 32.4 Å². The van der Waals surface area contributed by atoms with Gasteiger partial charge in [0.05, 0.1) is 31.4 Å². The van der Waals surface area contributed by atoms with Crippen LogP contribution in [0.3, 0.4) is 0 Å². The lowest BCUT2D eigenvalue weighted by atomic mass is 10.0. The van der Waals surface area contributed by atoms with Gasteiger partial charge >= 0.3 is 0 Å². The Kier molecular flexibility index (Phi) is 6.22. The van der Waals surface area contributed by atoms with Gasteiger partial charge in [-0.2, -0.15) is 0 Å². The SMILES string of the molecule is COCC(C)(C)NC(=O)c1ccc(OC)c(C#CCN)c1. The van der Waals surface area contributed by atoms with E-state index in [1.165, 1.54) is 0 Å². The van der Waals surface area contributed by atoms with Crippen molar-refractivity contribution < 1.29 is 14.3 Å². The standard InChI is InChI=1S/C16H22N2O3/c1-16(2,11-20-3)18-15(19)13-7-8-14(21-4)12(10-13)6-5-9-17/h7-8,10H,9,11,17H2,1-4H3,(H,18,19). The summed E-state index contributed by atoms with van der Waals surface area (Å²) in [5.41, 5.74) is 6.08. The fourth-order valence-corrected chi connectivity index (χ4v) is 1.87. The maximum Gasteiger partial charge on any atom is 0.251 e. The van der Waals surface area contributed by atoms with Gasteiger partial charge < -0.3 is 20.5 Å². The number of benzene rings is 1. The first kappa shape index (κ1) is 17.0. The molecule has 114 valence electrons. The molecule has 0 atom stereocenters. The highest BCUT2D eigenvalue weighted by molar-refractivity contribution is 5.95. The molecule has 0 aliphatic heterocycles. The van der Waals surface area contributed by atoms with Crippen LogP contribution in [-0.2, 0) is 4.74 Å². The summed E-state index contributed by atoms with van der Waals surface area (Å²) in [5, 5.41) is 2.92. The van der Waals surface area contributed by atoms with Crippen LogP contribution in [0.4, 0.5) is 0 Å². The van der Waals surface area contributed by atoms with Gasteiger partial charge in [0.1, 0.15) is 5.75 Å². The fourth-order valence-electron chi connectivity index (χ4n) is 1.87. The summed E-state index contributed by atoms with van der Waals surface area (Å²) in [6, 6.07) is 5.11. The van der Waals surface area contributed by atoms with Crippen molar-refractivity contribution in [2.45, 2.75) is 19.4 Å². The van der Waals surface area contributed by atoms with E-state index in [0.29, 0.717) is 23.5 Å². The van der Waals surface area contributed by atoms with Crippen molar-refractivity contribution in [1.29, 1.82) is 0 Å². The molecule has 0 radical (unpaired) electrons. The van der Waals surface area contributed by atoms with Crippen LogP contribution in [0.1, 0.15) is 29.8 Å². The molecule has 0 saturated carbocycles. The van der Waals surface area contributed by atoms with Crippen LogP contribution in [0.25, 0.3) is 0 Å². The number of hydrogen-bond acceptors (Lipinski definition) is 4. The minimum Gasteiger partial charge on any atom is -0.495 e. The normalized spacial score (nSPS) is 10.5. The largest absolute Gasteiger partial charge is 0.495 e. The van der Waals surface area contributed by atoms with E-state index >= 15 is 0 Å². The number of hydrogen-bond donors (Lipinski definition) is 2. The molecule has 0 saturated heterocycles. The van der Waals surface area contributed by atoms with Gasteiger partial charge in [0.15, 0.2) is 0 Å². The number of nitrogens with one attached hydrogen (secondary N) is 1. The van der Waals surface area contributed by atoms with E-state index in [2.05, 4.69) is 17.2 Å². The van der Waals surface area contributed by atoms with Gasteiger partial charge in [-0.3, -0.25) is 4.79 Å². The molecule has 0 aliphatic carbocycles. The van der Waals surface area contributed by atoms with Gasteiger partial charge in [-0.05, 0) is 32.0 Å². The van der Waals surface area contributed by atoms with Crippen LogP contribution in [-0.4, -0.2) is 38.8 Å². The highest BCUT2D eigenvalue weighted by Gasteiger charge is 2.21. The Bertz CT molecular complexity index is 556. The molecular formula is C16H22N2O3.